The number of nitriles is 1. The van der Waals surface area contributed by atoms with Crippen molar-refractivity contribution < 1.29 is 23.9 Å². The highest BCUT2D eigenvalue weighted by molar-refractivity contribution is 6.03. The van der Waals surface area contributed by atoms with Crippen molar-refractivity contribution in [1.82, 2.24) is 5.32 Å². The molecule has 1 aromatic rings. The van der Waals surface area contributed by atoms with Gasteiger partial charge in [0.1, 0.15) is 0 Å². The van der Waals surface area contributed by atoms with Crippen LogP contribution in [0.5, 0.6) is 0 Å². The summed E-state index contributed by atoms with van der Waals surface area (Å²) in [6, 6.07) is 8.65. The van der Waals surface area contributed by atoms with Crippen molar-refractivity contribution >= 4 is 18.2 Å². The maximum absolute atomic E-state index is 12.7. The molecule has 140 valence electrons. The highest BCUT2D eigenvalue weighted by atomic mass is 16.5. The third-order valence-corrected chi connectivity index (χ3v) is 4.17. The van der Waals surface area contributed by atoms with E-state index in [1.54, 1.807) is 31.2 Å². The number of carbonyl (C=O) groups excluding carboxylic acids is 3. The molecule has 2 rings (SSSR count). The Morgan fingerprint density at radius 1 is 1.26 bits per heavy atom. The molecule has 1 atom stereocenters. The van der Waals surface area contributed by atoms with Crippen LogP contribution in [0.2, 0.25) is 0 Å². The Labute approximate surface area is 157 Å². The second-order valence-electron chi connectivity index (χ2n) is 5.87. The molecular formula is C20H20N2O5. The number of esters is 2. The lowest BCUT2D eigenvalue weighted by Gasteiger charge is -2.30. The lowest BCUT2D eigenvalue weighted by atomic mass is 9.78. The molecule has 0 radical (unpaired) electrons. The summed E-state index contributed by atoms with van der Waals surface area (Å²) in [5.74, 6) is -2.35. The van der Waals surface area contributed by atoms with Gasteiger partial charge in [-0.15, -0.1) is 0 Å². The number of dihydropyridines is 1. The van der Waals surface area contributed by atoms with Crippen molar-refractivity contribution in [3.05, 3.63) is 57.9 Å². The number of carbonyl (C=O) groups is 3. The van der Waals surface area contributed by atoms with Gasteiger partial charge in [0.25, 0.3) is 0 Å². The van der Waals surface area contributed by atoms with Gasteiger partial charge >= 0.3 is 11.9 Å². The predicted molar refractivity (Wildman–Crippen MR) is 96.1 cm³/mol. The van der Waals surface area contributed by atoms with Gasteiger partial charge in [-0.1, -0.05) is 25.1 Å². The largest absolute Gasteiger partial charge is 0.466 e. The first-order valence-corrected chi connectivity index (χ1v) is 8.41. The number of nitrogens with zero attached hydrogens (tertiary/aromatic N) is 1. The zero-order chi connectivity index (χ0) is 20.0. The summed E-state index contributed by atoms with van der Waals surface area (Å²) in [5.41, 5.74) is 1.20. The first-order chi connectivity index (χ1) is 13.0. The van der Waals surface area contributed by atoms with Crippen LogP contribution in [0.15, 0.2) is 46.8 Å². The molecule has 0 aromatic heterocycles. The Balaban J connectivity index is 2.75. The molecule has 7 heteroatoms. The first-order valence-electron chi connectivity index (χ1n) is 8.41. The minimum atomic E-state index is -0.959. The zero-order valence-corrected chi connectivity index (χ0v) is 15.4. The van der Waals surface area contributed by atoms with Crippen LogP contribution in [-0.4, -0.2) is 31.9 Å². The summed E-state index contributed by atoms with van der Waals surface area (Å²) in [6.07, 6.45) is 1.12. The number of allylic oxidation sites excluding steroid dienone is 2. The van der Waals surface area contributed by atoms with E-state index >= 15 is 0 Å². The van der Waals surface area contributed by atoms with Gasteiger partial charge in [-0.05, 0) is 25.0 Å². The van der Waals surface area contributed by atoms with E-state index in [9.17, 15) is 19.6 Å². The minimum absolute atomic E-state index is 0.0101. The maximum Gasteiger partial charge on any atom is 0.336 e. The van der Waals surface area contributed by atoms with Gasteiger partial charge in [-0.25, -0.2) is 9.59 Å². The van der Waals surface area contributed by atoms with E-state index in [1.165, 1.54) is 7.11 Å². The quantitative estimate of drug-likeness (QED) is 0.605. The molecule has 1 N–H and O–H groups in total. The van der Waals surface area contributed by atoms with E-state index in [0.717, 1.165) is 0 Å². The molecule has 1 unspecified atom stereocenters. The van der Waals surface area contributed by atoms with Gasteiger partial charge in [0.15, 0.2) is 6.29 Å². The van der Waals surface area contributed by atoms with Crippen LogP contribution in [0.4, 0.5) is 0 Å². The summed E-state index contributed by atoms with van der Waals surface area (Å²) < 4.78 is 10.1. The summed E-state index contributed by atoms with van der Waals surface area (Å²) in [4.78, 5) is 36.8. The number of methoxy groups -OCH3 is 1. The maximum atomic E-state index is 12.7. The number of hydrogen-bond donors (Lipinski definition) is 1. The van der Waals surface area contributed by atoms with Crippen molar-refractivity contribution in [2.75, 3.05) is 13.7 Å². The van der Waals surface area contributed by atoms with Gasteiger partial charge in [0.2, 0.25) is 0 Å². The third-order valence-electron chi connectivity index (χ3n) is 4.17. The van der Waals surface area contributed by atoms with Crippen LogP contribution >= 0.6 is 0 Å². The Morgan fingerprint density at radius 2 is 1.96 bits per heavy atom. The summed E-state index contributed by atoms with van der Waals surface area (Å²) in [5, 5.41) is 12.3. The smallest absolute Gasteiger partial charge is 0.336 e. The molecule has 0 saturated heterocycles. The summed E-state index contributed by atoms with van der Waals surface area (Å²) >= 11 is 0. The molecule has 0 aliphatic carbocycles. The average molecular weight is 368 g/mol. The zero-order valence-electron chi connectivity index (χ0n) is 15.4. The second-order valence-corrected chi connectivity index (χ2v) is 5.87. The molecule has 0 bridgehead atoms. The Kier molecular flexibility index (Phi) is 6.50. The third kappa shape index (κ3) is 3.90. The van der Waals surface area contributed by atoms with Crippen LogP contribution in [0.25, 0.3) is 0 Å². The second kappa shape index (κ2) is 8.81. The normalized spacial score (nSPS) is 16.3. The lowest BCUT2D eigenvalue weighted by Crippen LogP contribution is -2.34. The fourth-order valence-electron chi connectivity index (χ4n) is 2.99. The number of nitrogens with one attached hydrogen (secondary N) is 1. The first kappa shape index (κ1) is 19.9. The number of rotatable bonds is 6. The molecule has 0 amide bonds. The van der Waals surface area contributed by atoms with E-state index in [0.29, 0.717) is 24.0 Å². The van der Waals surface area contributed by atoms with E-state index in [4.69, 9.17) is 9.47 Å². The summed E-state index contributed by atoms with van der Waals surface area (Å²) in [6.45, 7) is 3.68. The fourth-order valence-corrected chi connectivity index (χ4v) is 2.99. The molecule has 1 aliphatic rings. The molecule has 1 heterocycles. The van der Waals surface area contributed by atoms with Crippen molar-refractivity contribution in [2.45, 2.75) is 26.2 Å². The predicted octanol–water partition coefficient (Wildman–Crippen LogP) is 2.10. The Bertz CT molecular complexity index is 877. The molecule has 1 aromatic carbocycles. The topological polar surface area (TPSA) is 105 Å². The Hall–Kier alpha value is -3.40. The molecule has 27 heavy (non-hydrogen) atoms. The van der Waals surface area contributed by atoms with Gasteiger partial charge in [-0.3, -0.25) is 4.79 Å². The highest BCUT2D eigenvalue weighted by Crippen LogP contribution is 2.40. The number of benzene rings is 1. The van der Waals surface area contributed by atoms with Gasteiger partial charge in [-0.2, -0.15) is 5.26 Å². The van der Waals surface area contributed by atoms with Crippen LogP contribution in [-0.2, 0) is 23.9 Å². The van der Waals surface area contributed by atoms with E-state index in [1.807, 2.05) is 6.92 Å². The SMILES string of the molecule is CCCOC(=O)C1=C(C)NC(C=O)=C(C(=O)OC)C1c1ccccc1C#N. The number of aldehydes is 1. The molecule has 1 aliphatic heterocycles. The number of ether oxygens (including phenoxy) is 2. The monoisotopic (exact) mass is 368 g/mol. The van der Waals surface area contributed by atoms with E-state index < -0.39 is 17.9 Å². The van der Waals surface area contributed by atoms with Crippen LogP contribution in [0, 0.1) is 11.3 Å². The molecule has 7 nitrogen and oxygen atoms in total. The average Bonchev–Trinajstić information content (AvgIpc) is 2.70. The Morgan fingerprint density at radius 3 is 2.56 bits per heavy atom. The molecular weight excluding hydrogens is 348 g/mol. The van der Waals surface area contributed by atoms with Gasteiger partial charge < -0.3 is 14.8 Å². The standard InChI is InChI=1S/C20H20N2O5/c1-4-9-27-20(25)16-12(2)22-15(11-23)18(19(24)26-3)17(16)14-8-6-5-7-13(14)10-21/h5-8,11,17,22H,4,9H2,1-3H3. The van der Waals surface area contributed by atoms with Crippen molar-refractivity contribution in [3.8, 4) is 6.07 Å². The van der Waals surface area contributed by atoms with Crippen LogP contribution in [0.1, 0.15) is 37.3 Å². The molecule has 0 spiro atoms. The molecule has 0 saturated carbocycles. The van der Waals surface area contributed by atoms with Crippen molar-refractivity contribution in [1.29, 1.82) is 5.26 Å². The van der Waals surface area contributed by atoms with E-state index in [-0.39, 0.29) is 29.0 Å². The summed E-state index contributed by atoms with van der Waals surface area (Å²) in [7, 11) is 1.19. The van der Waals surface area contributed by atoms with Gasteiger partial charge in [0, 0.05) is 5.70 Å². The van der Waals surface area contributed by atoms with Crippen molar-refractivity contribution in [3.63, 3.8) is 0 Å². The molecule has 0 fully saturated rings. The lowest BCUT2D eigenvalue weighted by molar-refractivity contribution is -0.139. The van der Waals surface area contributed by atoms with E-state index in [2.05, 4.69) is 11.4 Å². The van der Waals surface area contributed by atoms with Gasteiger partial charge in [0.05, 0.1) is 48.1 Å². The van der Waals surface area contributed by atoms with Crippen LogP contribution in [0.3, 0.4) is 0 Å². The minimum Gasteiger partial charge on any atom is -0.466 e. The fraction of sp³-hybridized carbons (Fsp3) is 0.300. The van der Waals surface area contributed by atoms with Crippen LogP contribution < -0.4 is 5.32 Å². The van der Waals surface area contributed by atoms with Crippen molar-refractivity contribution in [2.24, 2.45) is 0 Å². The highest BCUT2D eigenvalue weighted by Gasteiger charge is 2.39. The number of hydrogen-bond acceptors (Lipinski definition) is 7.